The van der Waals surface area contributed by atoms with Crippen LogP contribution in [0.2, 0.25) is 0 Å². The lowest BCUT2D eigenvalue weighted by Gasteiger charge is -2.30. The standard InChI is InChI=1S/C23H27N3O2S/c1-2-17-5-7-19(8-6-17)23-25-20(16-29-23)15-26-11-9-18(10-12-26)22(27)24-14-21-4-3-13-28-21/h3-8,13,16,18H,2,9-12,14-15H2,1H3,(H,24,27). The summed E-state index contributed by atoms with van der Waals surface area (Å²) in [7, 11) is 0. The van der Waals surface area contributed by atoms with Gasteiger partial charge in [-0.15, -0.1) is 11.3 Å². The van der Waals surface area contributed by atoms with Gasteiger partial charge in [-0.05, 0) is 50.0 Å². The number of likely N-dealkylation sites (tertiary alicyclic amines) is 1. The Morgan fingerprint density at radius 1 is 1.24 bits per heavy atom. The average Bonchev–Trinajstić information content (AvgIpc) is 3.45. The summed E-state index contributed by atoms with van der Waals surface area (Å²) in [6.45, 7) is 5.34. The molecule has 3 heterocycles. The third kappa shape index (κ3) is 5.14. The maximum absolute atomic E-state index is 12.4. The molecule has 1 amide bonds. The lowest BCUT2D eigenvalue weighted by atomic mass is 9.96. The fraction of sp³-hybridized carbons (Fsp3) is 0.391. The summed E-state index contributed by atoms with van der Waals surface area (Å²) in [5.41, 5.74) is 3.65. The van der Waals surface area contributed by atoms with Crippen LogP contribution in [0.4, 0.5) is 0 Å². The van der Waals surface area contributed by atoms with Gasteiger partial charge >= 0.3 is 0 Å². The van der Waals surface area contributed by atoms with Crippen LogP contribution < -0.4 is 5.32 Å². The minimum atomic E-state index is 0.0873. The van der Waals surface area contributed by atoms with Crippen molar-refractivity contribution in [3.8, 4) is 10.6 Å². The lowest BCUT2D eigenvalue weighted by Crippen LogP contribution is -2.40. The Morgan fingerprint density at radius 2 is 2.03 bits per heavy atom. The van der Waals surface area contributed by atoms with Gasteiger partial charge in [0.15, 0.2) is 0 Å². The number of piperidine rings is 1. The number of furan rings is 1. The molecule has 0 spiro atoms. The van der Waals surface area contributed by atoms with Crippen LogP contribution in [0, 0.1) is 5.92 Å². The number of aryl methyl sites for hydroxylation is 1. The zero-order valence-electron chi connectivity index (χ0n) is 16.8. The van der Waals surface area contributed by atoms with E-state index in [1.807, 2.05) is 12.1 Å². The molecule has 4 rings (SSSR count). The van der Waals surface area contributed by atoms with Crippen LogP contribution in [0.25, 0.3) is 10.6 Å². The summed E-state index contributed by atoms with van der Waals surface area (Å²) in [6, 6.07) is 12.4. The Bertz CT molecular complexity index is 910. The van der Waals surface area contributed by atoms with E-state index < -0.39 is 0 Å². The summed E-state index contributed by atoms with van der Waals surface area (Å²) < 4.78 is 5.27. The van der Waals surface area contributed by atoms with Gasteiger partial charge in [-0.1, -0.05) is 31.2 Å². The first-order chi connectivity index (χ1) is 14.2. The second kappa shape index (κ2) is 9.37. The van der Waals surface area contributed by atoms with Crippen LogP contribution in [0.3, 0.4) is 0 Å². The second-order valence-electron chi connectivity index (χ2n) is 7.54. The monoisotopic (exact) mass is 409 g/mol. The molecule has 1 aromatic carbocycles. The maximum Gasteiger partial charge on any atom is 0.223 e. The van der Waals surface area contributed by atoms with E-state index >= 15 is 0 Å². The van der Waals surface area contributed by atoms with Gasteiger partial charge in [-0.25, -0.2) is 4.98 Å². The molecule has 1 saturated heterocycles. The predicted molar refractivity (Wildman–Crippen MR) is 115 cm³/mol. The van der Waals surface area contributed by atoms with E-state index in [9.17, 15) is 4.79 Å². The number of thiazole rings is 1. The Balaban J connectivity index is 1.25. The number of carbonyl (C=O) groups is 1. The summed E-state index contributed by atoms with van der Waals surface area (Å²) in [4.78, 5) is 19.6. The molecule has 1 fully saturated rings. The van der Waals surface area contributed by atoms with Gasteiger partial charge in [0.25, 0.3) is 0 Å². The number of nitrogens with zero attached hydrogens (tertiary/aromatic N) is 2. The van der Waals surface area contributed by atoms with E-state index in [2.05, 4.69) is 46.8 Å². The molecule has 0 bridgehead atoms. The quantitative estimate of drug-likeness (QED) is 0.624. The van der Waals surface area contributed by atoms with Crippen LogP contribution in [-0.2, 0) is 24.3 Å². The molecule has 1 aliphatic rings. The first-order valence-corrected chi connectivity index (χ1v) is 11.2. The Kier molecular flexibility index (Phi) is 6.42. The highest BCUT2D eigenvalue weighted by Crippen LogP contribution is 2.26. The topological polar surface area (TPSA) is 58.4 Å². The van der Waals surface area contributed by atoms with Crippen molar-refractivity contribution < 1.29 is 9.21 Å². The van der Waals surface area contributed by atoms with Gasteiger partial charge in [-0.2, -0.15) is 0 Å². The number of hydrogen-bond donors (Lipinski definition) is 1. The number of aromatic nitrogens is 1. The van der Waals surface area contributed by atoms with E-state index in [0.717, 1.165) is 55.4 Å². The van der Waals surface area contributed by atoms with Crippen LogP contribution in [-0.4, -0.2) is 28.9 Å². The molecule has 3 aromatic rings. The average molecular weight is 410 g/mol. The smallest absolute Gasteiger partial charge is 0.223 e. The minimum absolute atomic E-state index is 0.0873. The summed E-state index contributed by atoms with van der Waals surface area (Å²) in [5, 5.41) is 6.22. The third-order valence-corrected chi connectivity index (χ3v) is 6.46. The zero-order valence-corrected chi connectivity index (χ0v) is 17.6. The number of benzene rings is 1. The van der Waals surface area contributed by atoms with Crippen LogP contribution in [0.5, 0.6) is 0 Å². The Morgan fingerprint density at radius 3 is 2.72 bits per heavy atom. The van der Waals surface area contributed by atoms with Gasteiger partial charge in [0.1, 0.15) is 10.8 Å². The molecule has 152 valence electrons. The zero-order chi connectivity index (χ0) is 20.1. The first kappa shape index (κ1) is 19.9. The molecule has 29 heavy (non-hydrogen) atoms. The van der Waals surface area contributed by atoms with Crippen molar-refractivity contribution in [2.45, 2.75) is 39.3 Å². The molecule has 5 nitrogen and oxygen atoms in total. The highest BCUT2D eigenvalue weighted by molar-refractivity contribution is 7.13. The maximum atomic E-state index is 12.4. The summed E-state index contributed by atoms with van der Waals surface area (Å²) in [6.07, 6.45) is 4.46. The van der Waals surface area contributed by atoms with Crippen LogP contribution in [0.15, 0.2) is 52.5 Å². The van der Waals surface area contributed by atoms with Gasteiger partial charge < -0.3 is 9.73 Å². The molecule has 1 aliphatic heterocycles. The second-order valence-corrected chi connectivity index (χ2v) is 8.40. The summed E-state index contributed by atoms with van der Waals surface area (Å²) in [5.74, 6) is 1.01. The molecule has 6 heteroatoms. The molecular weight excluding hydrogens is 382 g/mol. The van der Waals surface area contributed by atoms with Gasteiger partial charge in [0.05, 0.1) is 18.5 Å². The SMILES string of the molecule is CCc1ccc(-c2nc(CN3CCC(C(=O)NCc4ccco4)CC3)cs2)cc1. The number of amides is 1. The molecule has 0 atom stereocenters. The van der Waals surface area contributed by atoms with Gasteiger partial charge in [0, 0.05) is 23.4 Å². The van der Waals surface area contributed by atoms with E-state index in [1.54, 1.807) is 17.6 Å². The fourth-order valence-electron chi connectivity index (χ4n) is 3.71. The number of rotatable bonds is 7. The molecule has 2 aromatic heterocycles. The number of nitrogens with one attached hydrogen (secondary N) is 1. The molecule has 0 saturated carbocycles. The lowest BCUT2D eigenvalue weighted by molar-refractivity contribution is -0.126. The normalized spacial score (nSPS) is 15.5. The Labute approximate surface area is 175 Å². The number of hydrogen-bond acceptors (Lipinski definition) is 5. The van der Waals surface area contributed by atoms with Crippen molar-refractivity contribution in [3.05, 3.63) is 65.1 Å². The van der Waals surface area contributed by atoms with Crippen molar-refractivity contribution in [1.82, 2.24) is 15.2 Å². The van der Waals surface area contributed by atoms with E-state index in [0.29, 0.717) is 6.54 Å². The van der Waals surface area contributed by atoms with Crippen molar-refractivity contribution >= 4 is 17.2 Å². The van der Waals surface area contributed by atoms with Crippen molar-refractivity contribution in [1.29, 1.82) is 0 Å². The largest absolute Gasteiger partial charge is 0.467 e. The van der Waals surface area contributed by atoms with Crippen LogP contribution >= 0.6 is 11.3 Å². The Hall–Kier alpha value is -2.44. The molecular formula is C23H27N3O2S. The van der Waals surface area contributed by atoms with E-state index in [4.69, 9.17) is 9.40 Å². The predicted octanol–water partition coefficient (Wildman–Crippen LogP) is 4.49. The molecule has 0 aliphatic carbocycles. The minimum Gasteiger partial charge on any atom is -0.467 e. The fourth-order valence-corrected chi connectivity index (χ4v) is 4.53. The van der Waals surface area contributed by atoms with E-state index in [1.165, 1.54) is 11.1 Å². The van der Waals surface area contributed by atoms with Gasteiger partial charge in [-0.3, -0.25) is 9.69 Å². The molecule has 0 unspecified atom stereocenters. The van der Waals surface area contributed by atoms with E-state index in [-0.39, 0.29) is 11.8 Å². The highest BCUT2D eigenvalue weighted by atomic mass is 32.1. The van der Waals surface area contributed by atoms with Crippen molar-refractivity contribution in [3.63, 3.8) is 0 Å². The van der Waals surface area contributed by atoms with Gasteiger partial charge in [0.2, 0.25) is 5.91 Å². The van der Waals surface area contributed by atoms with Crippen LogP contribution in [0.1, 0.15) is 36.8 Å². The molecule has 0 radical (unpaired) electrons. The summed E-state index contributed by atoms with van der Waals surface area (Å²) >= 11 is 1.70. The van der Waals surface area contributed by atoms with Crippen molar-refractivity contribution in [2.24, 2.45) is 5.92 Å². The first-order valence-electron chi connectivity index (χ1n) is 10.3. The highest BCUT2D eigenvalue weighted by Gasteiger charge is 2.25. The molecule has 1 N–H and O–H groups in total. The van der Waals surface area contributed by atoms with Crippen molar-refractivity contribution in [2.75, 3.05) is 13.1 Å². The number of carbonyl (C=O) groups excluding carboxylic acids is 1. The third-order valence-electron chi connectivity index (χ3n) is 5.52.